The van der Waals surface area contributed by atoms with E-state index in [2.05, 4.69) is 31.2 Å². The lowest BCUT2D eigenvalue weighted by molar-refractivity contribution is -0.118. The molecule has 0 aliphatic heterocycles. The molecule has 4 atom stereocenters. The lowest BCUT2D eigenvalue weighted by atomic mass is 9.77. The van der Waals surface area contributed by atoms with Crippen LogP contribution < -0.4 is 19.5 Å². The molecule has 11 heteroatoms. The predicted octanol–water partition coefficient (Wildman–Crippen LogP) is 7.30. The first-order valence-corrected chi connectivity index (χ1v) is 16.5. The van der Waals surface area contributed by atoms with Crippen LogP contribution in [0.15, 0.2) is 102 Å². The van der Waals surface area contributed by atoms with Crippen molar-refractivity contribution in [2.45, 2.75) is 44.6 Å². The Kier molecular flexibility index (Phi) is 8.44. The summed E-state index contributed by atoms with van der Waals surface area (Å²) in [6, 6.07) is 26.5. The number of para-hydroxylation sites is 1. The Morgan fingerprint density at radius 3 is 2.50 bits per heavy atom. The van der Waals surface area contributed by atoms with Crippen LogP contribution in [0, 0.1) is 5.41 Å². The molecule has 7 rings (SSSR count). The van der Waals surface area contributed by atoms with Crippen molar-refractivity contribution in [2.24, 2.45) is 5.41 Å². The minimum absolute atomic E-state index is 0.175. The van der Waals surface area contributed by atoms with Gasteiger partial charge in [0.2, 0.25) is 5.88 Å². The van der Waals surface area contributed by atoms with Gasteiger partial charge in [-0.1, -0.05) is 37.3 Å². The number of fused-ring (bicyclic) bond motifs is 2. The smallest absolute Gasteiger partial charge is 0.231 e. The summed E-state index contributed by atoms with van der Waals surface area (Å²) in [6.07, 6.45) is 2.68. The number of ether oxygens (including phenoxy) is 3. The molecule has 0 bridgehead atoms. The van der Waals surface area contributed by atoms with E-state index >= 15 is 0 Å². The Balaban J connectivity index is 1.08. The zero-order valence-electron chi connectivity index (χ0n) is 26.8. The molecule has 3 aromatic carbocycles. The average Bonchev–Trinajstić information content (AvgIpc) is 3.60. The number of nitrogens with zero attached hydrogens (tertiary/aromatic N) is 4. The van der Waals surface area contributed by atoms with Crippen molar-refractivity contribution in [1.29, 1.82) is 0 Å². The molecule has 48 heavy (non-hydrogen) atoms. The summed E-state index contributed by atoms with van der Waals surface area (Å²) in [7, 11) is 1.65. The van der Waals surface area contributed by atoms with Crippen LogP contribution in [-0.2, 0) is 6.54 Å². The van der Waals surface area contributed by atoms with Gasteiger partial charge in [0.05, 0.1) is 40.7 Å². The Hall–Kier alpha value is -4.71. The molecule has 0 radical (unpaired) electrons. The molecule has 1 aliphatic carbocycles. The summed E-state index contributed by atoms with van der Waals surface area (Å²) in [5.41, 5.74) is 0.228. The number of hydrogen-bond donors (Lipinski definition) is 3. The number of aliphatic hydroxyl groups excluding tert-OH is 1. The van der Waals surface area contributed by atoms with E-state index in [1.165, 1.54) is 6.33 Å². The van der Waals surface area contributed by atoms with Crippen LogP contribution >= 0.6 is 15.9 Å². The Morgan fingerprint density at radius 1 is 0.958 bits per heavy atom. The fourth-order valence-electron chi connectivity index (χ4n) is 6.37. The van der Waals surface area contributed by atoms with E-state index in [1.807, 2.05) is 103 Å². The fraction of sp³-hybridized carbons (Fsp3) is 0.270. The molecule has 10 nitrogen and oxygen atoms in total. The largest absolute Gasteiger partial charge is 0.497 e. The predicted molar refractivity (Wildman–Crippen MR) is 188 cm³/mol. The number of hydrogen-bond acceptors (Lipinski definition) is 9. The second-order valence-corrected chi connectivity index (χ2v) is 13.5. The van der Waals surface area contributed by atoms with E-state index in [4.69, 9.17) is 19.2 Å². The molecular formula is C37H36BrN5O5. The molecule has 1 fully saturated rings. The highest BCUT2D eigenvalue weighted by atomic mass is 79.9. The highest BCUT2D eigenvalue weighted by Gasteiger charge is 2.59. The van der Waals surface area contributed by atoms with Gasteiger partial charge in [-0.05, 0) is 83.4 Å². The number of methoxy groups -OCH3 is 1. The molecule has 0 saturated heterocycles. The van der Waals surface area contributed by atoms with Crippen molar-refractivity contribution in [2.75, 3.05) is 19.0 Å². The van der Waals surface area contributed by atoms with E-state index in [1.54, 1.807) is 14.0 Å². The number of nitrogens with one attached hydrogen (secondary N) is 1. The van der Waals surface area contributed by atoms with Crippen LogP contribution in [0.3, 0.4) is 0 Å². The molecule has 0 unspecified atom stereocenters. The normalized spacial score (nSPS) is 22.2. The van der Waals surface area contributed by atoms with E-state index in [0.29, 0.717) is 47.2 Å². The van der Waals surface area contributed by atoms with Gasteiger partial charge in [0.1, 0.15) is 41.1 Å². The first kappa shape index (κ1) is 31.9. The Morgan fingerprint density at radius 2 is 1.73 bits per heavy atom. The van der Waals surface area contributed by atoms with Gasteiger partial charge >= 0.3 is 0 Å². The number of halogens is 1. The minimum Gasteiger partial charge on any atom is -0.497 e. The third-order valence-corrected chi connectivity index (χ3v) is 10.1. The van der Waals surface area contributed by atoms with Crippen molar-refractivity contribution >= 4 is 43.7 Å². The van der Waals surface area contributed by atoms with Crippen LogP contribution in [0.2, 0.25) is 0 Å². The number of benzene rings is 3. The molecular weight excluding hydrogens is 674 g/mol. The summed E-state index contributed by atoms with van der Waals surface area (Å²) in [5.74, 6) is 3.23. The average molecular weight is 711 g/mol. The zero-order chi connectivity index (χ0) is 33.5. The van der Waals surface area contributed by atoms with Crippen molar-refractivity contribution in [3.63, 3.8) is 0 Å². The molecule has 6 aromatic rings. The van der Waals surface area contributed by atoms with Gasteiger partial charge in [0.15, 0.2) is 0 Å². The Bertz CT molecular complexity index is 2070. The molecule has 1 saturated carbocycles. The van der Waals surface area contributed by atoms with Crippen LogP contribution in [0.1, 0.15) is 31.9 Å². The first-order valence-electron chi connectivity index (χ1n) is 15.7. The summed E-state index contributed by atoms with van der Waals surface area (Å²) < 4.78 is 20.4. The molecule has 3 aromatic heterocycles. The maximum absolute atomic E-state index is 11.7. The van der Waals surface area contributed by atoms with Crippen LogP contribution in [0.5, 0.6) is 23.1 Å². The standard InChI is InChI=1S/C37H36BrN5O5/c1-36(21-47-27-14-11-24-17-29(38)33(42-30(24)18-27)39-20-23-9-12-25(46-3)13-10-23)19-31(32(44)37(36,2)45)43-16-15-28-34(43)40-22-41-35(28)48-26-7-5-4-6-8-26/h4-18,22,31-32,44-45H,19-21H2,1-3H3,(H,39,42)/t31-,32+,36-,37+/m1/s1. The van der Waals surface area contributed by atoms with Crippen molar-refractivity contribution in [3.8, 4) is 23.1 Å². The third kappa shape index (κ3) is 5.93. The van der Waals surface area contributed by atoms with Gasteiger partial charge < -0.3 is 34.3 Å². The fourth-order valence-corrected chi connectivity index (χ4v) is 6.85. The minimum atomic E-state index is -1.46. The number of pyridine rings is 1. The van der Waals surface area contributed by atoms with E-state index in [9.17, 15) is 10.2 Å². The highest BCUT2D eigenvalue weighted by Crippen LogP contribution is 2.52. The van der Waals surface area contributed by atoms with E-state index in [-0.39, 0.29) is 6.61 Å². The van der Waals surface area contributed by atoms with E-state index < -0.39 is 23.2 Å². The van der Waals surface area contributed by atoms with Crippen LogP contribution in [0.25, 0.3) is 21.9 Å². The van der Waals surface area contributed by atoms with Crippen LogP contribution in [-0.4, -0.2) is 55.2 Å². The van der Waals surface area contributed by atoms with Gasteiger partial charge in [0, 0.05) is 29.6 Å². The summed E-state index contributed by atoms with van der Waals surface area (Å²) >= 11 is 3.64. The van der Waals surface area contributed by atoms with Gasteiger partial charge in [-0.25, -0.2) is 15.0 Å². The van der Waals surface area contributed by atoms with Crippen molar-refractivity contribution < 1.29 is 24.4 Å². The quantitative estimate of drug-likeness (QED) is 0.134. The van der Waals surface area contributed by atoms with Gasteiger partial charge in [-0.15, -0.1) is 0 Å². The molecule has 0 spiro atoms. The molecule has 3 heterocycles. The zero-order valence-corrected chi connectivity index (χ0v) is 28.4. The monoisotopic (exact) mass is 709 g/mol. The number of aromatic nitrogens is 4. The SMILES string of the molecule is COc1ccc(CNc2nc3cc(OC[C@@]4(C)C[C@@H](n5ccc6c(Oc7ccccc7)ncnc65)[C@H](O)[C@]4(C)O)ccc3cc2Br)cc1. The maximum Gasteiger partial charge on any atom is 0.231 e. The topological polar surface area (TPSA) is 124 Å². The van der Waals surface area contributed by atoms with Crippen molar-refractivity contribution in [1.82, 2.24) is 19.5 Å². The number of aliphatic hydroxyl groups is 2. The third-order valence-electron chi connectivity index (χ3n) is 9.53. The van der Waals surface area contributed by atoms with Gasteiger partial charge in [0.25, 0.3) is 0 Å². The molecule has 246 valence electrons. The van der Waals surface area contributed by atoms with E-state index in [0.717, 1.165) is 26.7 Å². The lowest BCUT2D eigenvalue weighted by Crippen LogP contribution is -2.50. The summed E-state index contributed by atoms with van der Waals surface area (Å²) in [6.45, 7) is 4.39. The summed E-state index contributed by atoms with van der Waals surface area (Å²) in [4.78, 5) is 13.7. The lowest BCUT2D eigenvalue weighted by Gasteiger charge is -2.37. The number of anilines is 1. The Labute approximate surface area is 286 Å². The highest BCUT2D eigenvalue weighted by molar-refractivity contribution is 9.10. The molecule has 1 aliphatic rings. The number of rotatable bonds is 10. The van der Waals surface area contributed by atoms with Crippen LogP contribution in [0.4, 0.5) is 5.82 Å². The van der Waals surface area contributed by atoms with Gasteiger partial charge in [-0.2, -0.15) is 0 Å². The molecule has 0 amide bonds. The maximum atomic E-state index is 11.7. The second kappa shape index (κ2) is 12.7. The second-order valence-electron chi connectivity index (χ2n) is 12.6. The first-order chi connectivity index (χ1) is 23.1. The van der Waals surface area contributed by atoms with Gasteiger partial charge in [-0.3, -0.25) is 0 Å². The molecule has 3 N–H and O–H groups in total. The van der Waals surface area contributed by atoms with Crippen molar-refractivity contribution in [3.05, 3.63) is 107 Å². The summed E-state index contributed by atoms with van der Waals surface area (Å²) in [5, 5.41) is 28.3.